The fraction of sp³-hybridized carbons (Fsp3) is 0.316. The molecule has 1 aromatic rings. The second-order valence-electron chi connectivity index (χ2n) is 6.49. The van der Waals surface area contributed by atoms with Crippen molar-refractivity contribution in [3.05, 3.63) is 52.6 Å². The van der Waals surface area contributed by atoms with Gasteiger partial charge in [-0.25, -0.2) is 9.59 Å². The van der Waals surface area contributed by atoms with Crippen LogP contribution in [0.2, 0.25) is 0 Å². The first-order chi connectivity index (χ1) is 12.7. The molecule has 3 N–H and O–H groups in total. The zero-order chi connectivity index (χ0) is 19.9. The molecule has 1 amide bonds. The van der Waals surface area contributed by atoms with Crippen molar-refractivity contribution in [1.82, 2.24) is 5.32 Å². The molecule has 0 aromatic heterocycles. The van der Waals surface area contributed by atoms with E-state index in [0.717, 1.165) is 7.11 Å². The van der Waals surface area contributed by atoms with Crippen LogP contribution < -0.4 is 15.8 Å². The quantitative estimate of drug-likeness (QED) is 0.761. The molecule has 8 nitrogen and oxygen atoms in total. The molecule has 2 aliphatic heterocycles. The van der Waals surface area contributed by atoms with Gasteiger partial charge in [0.2, 0.25) is 11.8 Å². The summed E-state index contributed by atoms with van der Waals surface area (Å²) in [5, 5.41) is 2.64. The molecule has 1 atom stereocenters. The number of para-hydroxylation sites is 1. The Morgan fingerprint density at radius 3 is 2.48 bits per heavy atom. The van der Waals surface area contributed by atoms with E-state index in [1.807, 2.05) is 0 Å². The number of benzene rings is 1. The second-order valence-corrected chi connectivity index (χ2v) is 6.49. The lowest BCUT2D eigenvalue weighted by Crippen LogP contribution is -2.49. The smallest absolute Gasteiger partial charge is 0.340 e. The molecule has 0 fully saturated rings. The summed E-state index contributed by atoms with van der Waals surface area (Å²) in [5.41, 5.74) is 4.50. The first-order valence-corrected chi connectivity index (χ1v) is 8.34. The molecule has 27 heavy (non-hydrogen) atoms. The van der Waals surface area contributed by atoms with E-state index < -0.39 is 29.4 Å². The Morgan fingerprint density at radius 2 is 1.85 bits per heavy atom. The van der Waals surface area contributed by atoms with Gasteiger partial charge in [0.25, 0.3) is 0 Å². The molecule has 0 bridgehead atoms. The molecular formula is C19H20N2O6. The highest BCUT2D eigenvalue weighted by atomic mass is 16.5. The summed E-state index contributed by atoms with van der Waals surface area (Å²) in [6, 6.07) is 6.57. The maximum Gasteiger partial charge on any atom is 0.340 e. The molecule has 1 spiro atoms. The number of hydrogen-bond donors (Lipinski definition) is 2. The van der Waals surface area contributed by atoms with Crippen molar-refractivity contribution in [2.45, 2.75) is 32.3 Å². The Morgan fingerprint density at radius 1 is 1.19 bits per heavy atom. The number of nitrogens with two attached hydrogens (primary N) is 1. The third-order valence-corrected chi connectivity index (χ3v) is 4.46. The van der Waals surface area contributed by atoms with Crippen molar-refractivity contribution in [2.75, 3.05) is 7.11 Å². The minimum Gasteiger partial charge on any atom is -0.465 e. The first-order valence-electron chi connectivity index (χ1n) is 8.34. The topological polar surface area (TPSA) is 117 Å². The molecule has 0 saturated carbocycles. The highest BCUT2D eigenvalue weighted by Crippen LogP contribution is 2.51. The summed E-state index contributed by atoms with van der Waals surface area (Å²) in [6.45, 7) is 4.94. The normalized spacial score (nSPS) is 21.1. The van der Waals surface area contributed by atoms with Gasteiger partial charge in [0.1, 0.15) is 16.7 Å². The van der Waals surface area contributed by atoms with E-state index in [1.165, 1.54) is 0 Å². The average molecular weight is 372 g/mol. The summed E-state index contributed by atoms with van der Waals surface area (Å²) in [4.78, 5) is 38.7. The van der Waals surface area contributed by atoms with Crippen LogP contribution in [0.3, 0.4) is 0 Å². The highest BCUT2D eigenvalue weighted by molar-refractivity contribution is 6.17. The van der Waals surface area contributed by atoms with E-state index in [1.54, 1.807) is 45.0 Å². The number of esters is 2. The SMILES string of the molecule is COC(=O)C1=C(N)Oc2ccccc2[C@@]12C(=O)NC(C)=C2C(=O)OC(C)C. The van der Waals surface area contributed by atoms with E-state index in [4.69, 9.17) is 19.9 Å². The van der Waals surface area contributed by atoms with Crippen molar-refractivity contribution >= 4 is 17.8 Å². The van der Waals surface area contributed by atoms with Crippen LogP contribution in [0.1, 0.15) is 26.3 Å². The van der Waals surface area contributed by atoms with Crippen molar-refractivity contribution < 1.29 is 28.6 Å². The third-order valence-electron chi connectivity index (χ3n) is 4.46. The lowest BCUT2D eigenvalue weighted by molar-refractivity contribution is -0.144. The first kappa shape index (κ1) is 18.5. The van der Waals surface area contributed by atoms with Gasteiger partial charge < -0.3 is 25.3 Å². The van der Waals surface area contributed by atoms with Crippen LogP contribution in [0.5, 0.6) is 5.75 Å². The van der Waals surface area contributed by atoms with E-state index in [9.17, 15) is 14.4 Å². The molecule has 1 aromatic carbocycles. The van der Waals surface area contributed by atoms with Crippen LogP contribution in [0.15, 0.2) is 47.0 Å². The third kappa shape index (κ3) is 2.56. The van der Waals surface area contributed by atoms with E-state index in [2.05, 4.69) is 5.32 Å². The van der Waals surface area contributed by atoms with Crippen molar-refractivity contribution in [1.29, 1.82) is 0 Å². The molecular weight excluding hydrogens is 352 g/mol. The van der Waals surface area contributed by atoms with Gasteiger partial charge in [0.15, 0.2) is 0 Å². The lowest BCUT2D eigenvalue weighted by Gasteiger charge is -2.35. The van der Waals surface area contributed by atoms with Crippen LogP contribution >= 0.6 is 0 Å². The number of carbonyl (C=O) groups excluding carboxylic acids is 3. The minimum absolute atomic E-state index is 0.0136. The van der Waals surface area contributed by atoms with Crippen LogP contribution in [0.4, 0.5) is 0 Å². The van der Waals surface area contributed by atoms with E-state index in [-0.39, 0.29) is 28.5 Å². The molecule has 142 valence electrons. The maximum absolute atomic E-state index is 13.2. The Balaban J connectivity index is 2.38. The maximum atomic E-state index is 13.2. The zero-order valence-electron chi connectivity index (χ0n) is 15.4. The number of nitrogens with one attached hydrogen (secondary N) is 1. The Hall–Kier alpha value is -3.29. The number of methoxy groups -OCH3 is 1. The van der Waals surface area contributed by atoms with Crippen molar-refractivity contribution in [2.24, 2.45) is 5.73 Å². The number of ether oxygens (including phenoxy) is 3. The van der Waals surface area contributed by atoms with Gasteiger partial charge in [0, 0.05) is 11.3 Å². The summed E-state index contributed by atoms with van der Waals surface area (Å²) < 4.78 is 15.7. The lowest BCUT2D eigenvalue weighted by atomic mass is 9.67. The van der Waals surface area contributed by atoms with Crippen molar-refractivity contribution in [3.8, 4) is 5.75 Å². The molecule has 0 saturated heterocycles. The van der Waals surface area contributed by atoms with Crippen LogP contribution in [0.25, 0.3) is 0 Å². The summed E-state index contributed by atoms with van der Waals surface area (Å²) >= 11 is 0. The molecule has 3 rings (SSSR count). The largest absolute Gasteiger partial charge is 0.465 e. The van der Waals surface area contributed by atoms with Gasteiger partial charge in [-0.15, -0.1) is 0 Å². The number of hydrogen-bond acceptors (Lipinski definition) is 7. The summed E-state index contributed by atoms with van der Waals surface area (Å²) in [5.74, 6) is -2.24. The summed E-state index contributed by atoms with van der Waals surface area (Å²) in [7, 11) is 1.16. The fourth-order valence-corrected chi connectivity index (χ4v) is 3.51. The van der Waals surface area contributed by atoms with E-state index >= 15 is 0 Å². The molecule has 2 aliphatic rings. The van der Waals surface area contributed by atoms with Gasteiger partial charge in [-0.2, -0.15) is 0 Å². The van der Waals surface area contributed by atoms with Crippen LogP contribution in [0, 0.1) is 0 Å². The summed E-state index contributed by atoms with van der Waals surface area (Å²) in [6.07, 6.45) is -0.427. The number of amides is 1. The number of rotatable bonds is 3. The molecule has 0 radical (unpaired) electrons. The number of allylic oxidation sites excluding steroid dienone is 1. The standard InChI is InChI=1S/C19H20N2O6/c1-9(2)26-17(23)13-10(3)21-18(24)19(13)11-7-5-6-8-12(11)27-15(20)14(19)16(22)25-4/h5-9H,20H2,1-4H3,(H,21,24)/t19-/m0/s1. The van der Waals surface area contributed by atoms with E-state index in [0.29, 0.717) is 5.56 Å². The fourth-order valence-electron chi connectivity index (χ4n) is 3.51. The van der Waals surface area contributed by atoms with Crippen LogP contribution in [-0.4, -0.2) is 31.1 Å². The Labute approximate surface area is 155 Å². The van der Waals surface area contributed by atoms with Crippen LogP contribution in [-0.2, 0) is 29.3 Å². The van der Waals surface area contributed by atoms with Gasteiger partial charge in [-0.05, 0) is 26.8 Å². The number of fused-ring (bicyclic) bond motifs is 2. The Bertz CT molecular complexity index is 915. The Kier molecular flexibility index (Phi) is 4.43. The predicted molar refractivity (Wildman–Crippen MR) is 94.0 cm³/mol. The van der Waals surface area contributed by atoms with Gasteiger partial charge in [-0.3, -0.25) is 4.79 Å². The van der Waals surface area contributed by atoms with Gasteiger partial charge in [-0.1, -0.05) is 18.2 Å². The predicted octanol–water partition coefficient (Wildman–Crippen LogP) is 1.02. The molecule has 0 unspecified atom stereocenters. The van der Waals surface area contributed by atoms with Gasteiger partial charge in [0.05, 0.1) is 18.8 Å². The average Bonchev–Trinajstić information content (AvgIpc) is 2.85. The minimum atomic E-state index is -1.82. The molecule has 0 aliphatic carbocycles. The monoisotopic (exact) mass is 372 g/mol. The number of carbonyl (C=O) groups is 3. The van der Waals surface area contributed by atoms with Gasteiger partial charge >= 0.3 is 11.9 Å². The zero-order valence-corrected chi connectivity index (χ0v) is 15.4. The molecule has 2 heterocycles. The molecule has 8 heteroatoms. The van der Waals surface area contributed by atoms with Crippen molar-refractivity contribution in [3.63, 3.8) is 0 Å². The second kappa shape index (κ2) is 6.46. The highest BCUT2D eigenvalue weighted by Gasteiger charge is 2.61.